The van der Waals surface area contributed by atoms with Gasteiger partial charge in [0.15, 0.2) is 0 Å². The van der Waals surface area contributed by atoms with Crippen molar-refractivity contribution in [3.63, 3.8) is 0 Å². The summed E-state index contributed by atoms with van der Waals surface area (Å²) >= 11 is 0. The van der Waals surface area contributed by atoms with E-state index in [1.165, 1.54) is 36.2 Å². The first-order chi connectivity index (χ1) is 12.4. The lowest BCUT2D eigenvalue weighted by molar-refractivity contribution is 0.0948. The van der Waals surface area contributed by atoms with Gasteiger partial charge in [-0.15, -0.1) is 0 Å². The van der Waals surface area contributed by atoms with Gasteiger partial charge in [0.05, 0.1) is 11.9 Å². The highest BCUT2D eigenvalue weighted by Gasteiger charge is 2.24. The van der Waals surface area contributed by atoms with Crippen molar-refractivity contribution in [3.05, 3.63) is 29.3 Å². The third-order valence-electron chi connectivity index (χ3n) is 5.23. The lowest BCUT2D eigenvalue weighted by Crippen LogP contribution is -2.36. The summed E-state index contributed by atoms with van der Waals surface area (Å²) in [5, 5.41) is 3.00. The standard InChI is InChI=1S/C19H29N3O3S/c1-26(24,25)22-13-6-7-16-15-17(8-9-18(16)22)19(23)20-10-14-21-11-4-2-3-5-12-21/h8-9,15H,2-7,10-14H2,1H3,(H,20,23). The first-order valence-electron chi connectivity index (χ1n) is 9.56. The van der Waals surface area contributed by atoms with E-state index in [0.29, 0.717) is 24.3 Å². The average Bonchev–Trinajstić information content (AvgIpc) is 2.88. The van der Waals surface area contributed by atoms with Crippen molar-refractivity contribution in [2.75, 3.05) is 43.3 Å². The molecule has 1 aromatic carbocycles. The molecule has 0 saturated carbocycles. The zero-order valence-corrected chi connectivity index (χ0v) is 16.4. The van der Waals surface area contributed by atoms with Crippen LogP contribution in [0.1, 0.15) is 48.0 Å². The van der Waals surface area contributed by atoms with Gasteiger partial charge in [-0.3, -0.25) is 9.10 Å². The van der Waals surface area contributed by atoms with Crippen LogP contribution in [0.25, 0.3) is 0 Å². The van der Waals surface area contributed by atoms with E-state index in [-0.39, 0.29) is 5.91 Å². The number of hydrogen-bond donors (Lipinski definition) is 1. The summed E-state index contributed by atoms with van der Waals surface area (Å²) in [5.41, 5.74) is 2.25. The van der Waals surface area contributed by atoms with Gasteiger partial charge in [-0.05, 0) is 62.5 Å². The molecule has 0 bridgehead atoms. The first-order valence-corrected chi connectivity index (χ1v) is 11.4. The van der Waals surface area contributed by atoms with Crippen molar-refractivity contribution in [1.82, 2.24) is 10.2 Å². The maximum atomic E-state index is 12.5. The van der Waals surface area contributed by atoms with E-state index in [1.54, 1.807) is 12.1 Å². The minimum absolute atomic E-state index is 0.0842. The highest BCUT2D eigenvalue weighted by Crippen LogP contribution is 2.29. The lowest BCUT2D eigenvalue weighted by Gasteiger charge is -2.29. The molecule has 144 valence electrons. The van der Waals surface area contributed by atoms with Crippen molar-refractivity contribution < 1.29 is 13.2 Å². The van der Waals surface area contributed by atoms with Crippen molar-refractivity contribution in [2.45, 2.75) is 38.5 Å². The molecular weight excluding hydrogens is 350 g/mol. The number of nitrogens with zero attached hydrogens (tertiary/aromatic N) is 2. The molecule has 0 atom stereocenters. The molecule has 1 amide bonds. The number of hydrogen-bond acceptors (Lipinski definition) is 4. The van der Waals surface area contributed by atoms with Crippen LogP contribution in [0.2, 0.25) is 0 Å². The molecule has 3 rings (SSSR count). The van der Waals surface area contributed by atoms with Crippen molar-refractivity contribution in [1.29, 1.82) is 0 Å². The largest absolute Gasteiger partial charge is 0.351 e. The van der Waals surface area contributed by atoms with E-state index in [0.717, 1.165) is 38.0 Å². The maximum Gasteiger partial charge on any atom is 0.251 e. The number of carbonyl (C=O) groups excluding carboxylic acids is 1. The Morgan fingerprint density at radius 2 is 1.81 bits per heavy atom. The molecule has 1 N–H and O–H groups in total. The summed E-state index contributed by atoms with van der Waals surface area (Å²) in [5.74, 6) is -0.0842. The predicted molar refractivity (Wildman–Crippen MR) is 104 cm³/mol. The monoisotopic (exact) mass is 379 g/mol. The fourth-order valence-corrected chi connectivity index (χ4v) is 4.83. The molecule has 2 aliphatic rings. The lowest BCUT2D eigenvalue weighted by atomic mass is 10.0. The van der Waals surface area contributed by atoms with Crippen molar-refractivity contribution in [3.8, 4) is 0 Å². The van der Waals surface area contributed by atoms with E-state index in [2.05, 4.69) is 10.2 Å². The number of anilines is 1. The summed E-state index contributed by atoms with van der Waals surface area (Å²) in [6.07, 6.45) is 7.91. The molecule has 6 nitrogen and oxygen atoms in total. The minimum atomic E-state index is -3.27. The molecule has 2 heterocycles. The Labute approximate surface area is 156 Å². The van der Waals surface area contributed by atoms with Crippen LogP contribution in [0.15, 0.2) is 18.2 Å². The smallest absolute Gasteiger partial charge is 0.251 e. The van der Waals surface area contributed by atoms with Crippen LogP contribution >= 0.6 is 0 Å². The topological polar surface area (TPSA) is 69.7 Å². The van der Waals surface area contributed by atoms with Crippen molar-refractivity contribution in [2.24, 2.45) is 0 Å². The van der Waals surface area contributed by atoms with Crippen LogP contribution < -0.4 is 9.62 Å². The van der Waals surface area contributed by atoms with E-state index in [1.807, 2.05) is 6.07 Å². The molecular formula is C19H29N3O3S. The highest BCUT2D eigenvalue weighted by atomic mass is 32.2. The van der Waals surface area contributed by atoms with Crippen LogP contribution in [0.3, 0.4) is 0 Å². The van der Waals surface area contributed by atoms with Gasteiger partial charge < -0.3 is 10.2 Å². The normalized spacial score (nSPS) is 18.9. The Hall–Kier alpha value is -1.60. The Balaban J connectivity index is 1.60. The number of benzene rings is 1. The molecule has 7 heteroatoms. The molecule has 0 aromatic heterocycles. The Morgan fingerprint density at radius 3 is 2.50 bits per heavy atom. The molecule has 0 aliphatic carbocycles. The first kappa shape index (κ1) is 19.2. The highest BCUT2D eigenvalue weighted by molar-refractivity contribution is 7.92. The molecule has 0 radical (unpaired) electrons. The van der Waals surface area contributed by atoms with Gasteiger partial charge in [-0.25, -0.2) is 8.42 Å². The number of aryl methyl sites for hydroxylation is 1. The fraction of sp³-hybridized carbons (Fsp3) is 0.632. The zero-order valence-electron chi connectivity index (χ0n) is 15.5. The fourth-order valence-electron chi connectivity index (χ4n) is 3.84. The van der Waals surface area contributed by atoms with Gasteiger partial charge in [-0.2, -0.15) is 0 Å². The molecule has 26 heavy (non-hydrogen) atoms. The number of amides is 1. The summed E-state index contributed by atoms with van der Waals surface area (Å²) < 4.78 is 25.3. The van der Waals surface area contributed by atoms with Crippen LogP contribution in [-0.4, -0.2) is 58.2 Å². The second kappa shape index (κ2) is 8.39. The van der Waals surface area contributed by atoms with Crippen LogP contribution in [0.5, 0.6) is 0 Å². The predicted octanol–water partition coefficient (Wildman–Crippen LogP) is 2.00. The maximum absolute atomic E-state index is 12.5. The van der Waals surface area contributed by atoms with Crippen LogP contribution in [-0.2, 0) is 16.4 Å². The quantitative estimate of drug-likeness (QED) is 0.850. The van der Waals surface area contributed by atoms with E-state index < -0.39 is 10.0 Å². The summed E-state index contributed by atoms with van der Waals surface area (Å²) in [7, 11) is -3.27. The molecule has 0 spiro atoms. The molecule has 2 aliphatic heterocycles. The zero-order chi connectivity index (χ0) is 18.6. The number of sulfonamides is 1. The summed E-state index contributed by atoms with van der Waals surface area (Å²) in [6.45, 7) is 4.28. The number of nitrogens with one attached hydrogen (secondary N) is 1. The third kappa shape index (κ3) is 4.76. The van der Waals surface area contributed by atoms with Crippen molar-refractivity contribution >= 4 is 21.6 Å². The van der Waals surface area contributed by atoms with Gasteiger partial charge in [0, 0.05) is 25.2 Å². The van der Waals surface area contributed by atoms with E-state index >= 15 is 0 Å². The Kier molecular flexibility index (Phi) is 6.19. The summed E-state index contributed by atoms with van der Waals surface area (Å²) in [4.78, 5) is 14.9. The Morgan fingerprint density at radius 1 is 1.08 bits per heavy atom. The number of fused-ring (bicyclic) bond motifs is 1. The molecule has 1 aromatic rings. The van der Waals surface area contributed by atoms with Gasteiger partial charge in [-0.1, -0.05) is 12.8 Å². The van der Waals surface area contributed by atoms with Gasteiger partial charge >= 0.3 is 0 Å². The van der Waals surface area contributed by atoms with Gasteiger partial charge in [0.25, 0.3) is 5.91 Å². The number of carbonyl (C=O) groups is 1. The second-order valence-corrected chi connectivity index (χ2v) is 9.20. The number of likely N-dealkylation sites (tertiary alicyclic amines) is 1. The van der Waals surface area contributed by atoms with Crippen LogP contribution in [0.4, 0.5) is 5.69 Å². The third-order valence-corrected chi connectivity index (χ3v) is 6.41. The second-order valence-electron chi connectivity index (χ2n) is 7.29. The number of rotatable bonds is 5. The van der Waals surface area contributed by atoms with Gasteiger partial charge in [0.1, 0.15) is 0 Å². The molecule has 1 saturated heterocycles. The van der Waals surface area contributed by atoms with E-state index in [9.17, 15) is 13.2 Å². The van der Waals surface area contributed by atoms with Gasteiger partial charge in [0.2, 0.25) is 10.0 Å². The molecule has 1 fully saturated rings. The van der Waals surface area contributed by atoms with E-state index in [4.69, 9.17) is 0 Å². The average molecular weight is 380 g/mol. The molecule has 0 unspecified atom stereocenters. The van der Waals surface area contributed by atoms with Crippen LogP contribution in [0, 0.1) is 0 Å². The SMILES string of the molecule is CS(=O)(=O)N1CCCc2cc(C(=O)NCCN3CCCCCC3)ccc21. The summed E-state index contributed by atoms with van der Waals surface area (Å²) in [6, 6.07) is 5.33. The Bertz CT molecular complexity index is 740. The minimum Gasteiger partial charge on any atom is -0.351 e.